The maximum atomic E-state index is 13.2. The van der Waals surface area contributed by atoms with Gasteiger partial charge in [-0.15, -0.1) is 0 Å². The van der Waals surface area contributed by atoms with Gasteiger partial charge in [-0.2, -0.15) is 5.10 Å². The van der Waals surface area contributed by atoms with Gasteiger partial charge in [0.2, 0.25) is 0 Å². The molecule has 0 fully saturated rings. The van der Waals surface area contributed by atoms with Crippen LogP contribution >= 0.6 is 0 Å². The second-order valence-corrected chi connectivity index (χ2v) is 6.86. The summed E-state index contributed by atoms with van der Waals surface area (Å²) in [4.78, 5) is 12.3. The van der Waals surface area contributed by atoms with E-state index in [1.165, 1.54) is 12.1 Å². The molecular formula is C23H23FN4O2. The molecule has 0 unspecified atom stereocenters. The summed E-state index contributed by atoms with van der Waals surface area (Å²) in [5.41, 5.74) is 3.23. The van der Waals surface area contributed by atoms with Crippen LogP contribution in [0.15, 0.2) is 67.0 Å². The fourth-order valence-electron chi connectivity index (χ4n) is 3.27. The van der Waals surface area contributed by atoms with Crippen LogP contribution in [0.25, 0.3) is 22.5 Å². The van der Waals surface area contributed by atoms with Crippen LogP contribution in [0, 0.1) is 5.82 Å². The maximum absolute atomic E-state index is 13.2. The zero-order valence-electron chi connectivity index (χ0n) is 16.7. The van der Waals surface area contributed by atoms with Crippen molar-refractivity contribution in [2.75, 3.05) is 19.8 Å². The van der Waals surface area contributed by atoms with Gasteiger partial charge in [-0.3, -0.25) is 4.79 Å². The first-order valence-corrected chi connectivity index (χ1v) is 9.95. The Labute approximate surface area is 173 Å². The highest BCUT2D eigenvalue weighted by Gasteiger charge is 2.12. The molecule has 0 saturated carbocycles. The predicted octanol–water partition coefficient (Wildman–Crippen LogP) is 4.09. The minimum atomic E-state index is -0.262. The summed E-state index contributed by atoms with van der Waals surface area (Å²) in [5.74, 6) is 0.337. The Morgan fingerprint density at radius 2 is 1.83 bits per heavy atom. The van der Waals surface area contributed by atoms with Crippen LogP contribution in [0.3, 0.4) is 0 Å². The predicted molar refractivity (Wildman–Crippen MR) is 113 cm³/mol. The first-order valence-electron chi connectivity index (χ1n) is 9.95. The van der Waals surface area contributed by atoms with E-state index in [9.17, 15) is 9.18 Å². The highest BCUT2D eigenvalue weighted by atomic mass is 19.1. The van der Waals surface area contributed by atoms with Crippen molar-refractivity contribution >= 4 is 11.4 Å². The van der Waals surface area contributed by atoms with E-state index in [1.54, 1.807) is 29.1 Å². The summed E-state index contributed by atoms with van der Waals surface area (Å²) in [6, 6.07) is 16.0. The molecule has 1 amide bonds. The number of nitrogens with zero attached hydrogens (tertiary/aromatic N) is 3. The topological polar surface area (TPSA) is 60.6 Å². The number of amides is 1. The molecule has 7 heteroatoms. The van der Waals surface area contributed by atoms with E-state index in [0.29, 0.717) is 25.5 Å². The largest absolute Gasteiger partial charge is 0.382 e. The molecule has 30 heavy (non-hydrogen) atoms. The molecule has 1 aromatic carbocycles. The molecule has 0 saturated heterocycles. The van der Waals surface area contributed by atoms with E-state index in [0.717, 1.165) is 28.9 Å². The Bertz CT molecular complexity index is 1150. The summed E-state index contributed by atoms with van der Waals surface area (Å²) in [5, 5.41) is 7.29. The Balaban J connectivity index is 1.54. The van der Waals surface area contributed by atoms with Crippen LogP contribution in [-0.4, -0.2) is 39.8 Å². The lowest BCUT2D eigenvalue weighted by Gasteiger charge is -2.07. The second-order valence-electron chi connectivity index (χ2n) is 6.86. The summed E-state index contributed by atoms with van der Waals surface area (Å²) >= 11 is 0. The number of hydrogen-bond donors (Lipinski definition) is 1. The Kier molecular flexibility index (Phi) is 5.90. The number of fused-ring (bicyclic) bond motifs is 1. The molecule has 0 aliphatic rings. The van der Waals surface area contributed by atoms with Gasteiger partial charge >= 0.3 is 0 Å². The van der Waals surface area contributed by atoms with E-state index >= 15 is 0 Å². The highest BCUT2D eigenvalue weighted by molar-refractivity contribution is 5.92. The number of rotatable bonds is 8. The van der Waals surface area contributed by atoms with Gasteiger partial charge in [0.05, 0.1) is 0 Å². The van der Waals surface area contributed by atoms with Gasteiger partial charge in [0, 0.05) is 37.7 Å². The lowest BCUT2D eigenvalue weighted by molar-refractivity contribution is 0.0939. The number of ether oxygens (including phenoxy) is 1. The molecule has 1 N–H and O–H groups in total. The number of halogens is 1. The Morgan fingerprint density at radius 1 is 1.07 bits per heavy atom. The standard InChI is InChI=1S/C23H23FN4O2/c1-2-30-15-3-13-25-23(29)21-12-14-28(26-21)22-11-10-20-9-6-18(16-27(20)22)17-4-7-19(24)8-5-17/h4-12,14,16H,2-3,13,15H2,1H3,(H,25,29). The maximum Gasteiger partial charge on any atom is 0.271 e. The normalized spacial score (nSPS) is 11.1. The quantitative estimate of drug-likeness (QED) is 0.449. The van der Waals surface area contributed by atoms with Crippen LogP contribution in [-0.2, 0) is 4.74 Å². The molecule has 0 spiro atoms. The fraction of sp³-hybridized carbons (Fsp3) is 0.217. The lowest BCUT2D eigenvalue weighted by Crippen LogP contribution is -2.25. The molecule has 3 aromatic heterocycles. The number of pyridine rings is 1. The van der Waals surface area contributed by atoms with Crippen molar-refractivity contribution < 1.29 is 13.9 Å². The van der Waals surface area contributed by atoms with Crippen molar-refractivity contribution in [1.82, 2.24) is 19.5 Å². The number of carbonyl (C=O) groups is 1. The third-order valence-electron chi connectivity index (χ3n) is 4.82. The average molecular weight is 406 g/mol. The van der Waals surface area contributed by atoms with Gasteiger partial charge < -0.3 is 14.5 Å². The van der Waals surface area contributed by atoms with Crippen LogP contribution in [0.5, 0.6) is 0 Å². The summed E-state index contributed by atoms with van der Waals surface area (Å²) < 4.78 is 22.2. The summed E-state index contributed by atoms with van der Waals surface area (Å²) in [6.45, 7) is 3.78. The minimum Gasteiger partial charge on any atom is -0.382 e. The number of benzene rings is 1. The molecule has 154 valence electrons. The van der Waals surface area contributed by atoms with E-state index in [-0.39, 0.29) is 11.7 Å². The smallest absolute Gasteiger partial charge is 0.271 e. The Hall–Kier alpha value is -3.45. The summed E-state index contributed by atoms with van der Waals surface area (Å²) in [7, 11) is 0. The molecule has 0 atom stereocenters. The van der Waals surface area contributed by atoms with Gasteiger partial charge in [0.1, 0.15) is 11.6 Å². The molecule has 0 aliphatic carbocycles. The zero-order valence-corrected chi connectivity index (χ0v) is 16.7. The Morgan fingerprint density at radius 3 is 2.63 bits per heavy atom. The molecular weight excluding hydrogens is 383 g/mol. The number of hydrogen-bond acceptors (Lipinski definition) is 3. The van der Waals surface area contributed by atoms with Crippen molar-refractivity contribution in [1.29, 1.82) is 0 Å². The van der Waals surface area contributed by atoms with Gasteiger partial charge in [-0.1, -0.05) is 18.2 Å². The van der Waals surface area contributed by atoms with Gasteiger partial charge in [-0.05, 0) is 60.9 Å². The van der Waals surface area contributed by atoms with Crippen molar-refractivity contribution in [3.05, 3.63) is 78.5 Å². The zero-order chi connectivity index (χ0) is 20.9. The van der Waals surface area contributed by atoms with Gasteiger partial charge in [0.25, 0.3) is 5.91 Å². The highest BCUT2D eigenvalue weighted by Crippen LogP contribution is 2.23. The van der Waals surface area contributed by atoms with E-state index in [4.69, 9.17) is 4.74 Å². The monoisotopic (exact) mass is 406 g/mol. The van der Waals surface area contributed by atoms with Crippen molar-refractivity contribution in [2.45, 2.75) is 13.3 Å². The van der Waals surface area contributed by atoms with Crippen molar-refractivity contribution in [3.8, 4) is 16.9 Å². The molecule has 4 aromatic rings. The van der Waals surface area contributed by atoms with Gasteiger partial charge in [0.15, 0.2) is 5.69 Å². The van der Waals surface area contributed by atoms with Crippen LogP contribution in [0.2, 0.25) is 0 Å². The molecule has 3 heterocycles. The third kappa shape index (κ3) is 4.26. The van der Waals surface area contributed by atoms with Crippen LogP contribution in [0.4, 0.5) is 4.39 Å². The van der Waals surface area contributed by atoms with E-state index in [2.05, 4.69) is 10.4 Å². The second kappa shape index (κ2) is 8.92. The number of aromatic nitrogens is 3. The average Bonchev–Trinajstić information content (AvgIpc) is 3.40. The van der Waals surface area contributed by atoms with E-state index < -0.39 is 0 Å². The number of carbonyl (C=O) groups excluding carboxylic acids is 1. The van der Waals surface area contributed by atoms with E-state index in [1.807, 2.05) is 41.8 Å². The fourth-order valence-corrected chi connectivity index (χ4v) is 3.27. The van der Waals surface area contributed by atoms with Gasteiger partial charge in [-0.25, -0.2) is 9.07 Å². The van der Waals surface area contributed by atoms with Crippen molar-refractivity contribution in [2.24, 2.45) is 0 Å². The minimum absolute atomic E-state index is 0.210. The SMILES string of the molecule is CCOCCCNC(=O)c1ccn(-c2ccc3ccc(-c4ccc(F)cc4)cn23)n1. The lowest BCUT2D eigenvalue weighted by atomic mass is 10.1. The summed E-state index contributed by atoms with van der Waals surface area (Å²) in [6.07, 6.45) is 4.50. The molecule has 6 nitrogen and oxygen atoms in total. The molecule has 0 bridgehead atoms. The first kappa shape index (κ1) is 19.8. The third-order valence-corrected chi connectivity index (χ3v) is 4.82. The van der Waals surface area contributed by atoms with Crippen molar-refractivity contribution in [3.63, 3.8) is 0 Å². The van der Waals surface area contributed by atoms with Crippen LogP contribution < -0.4 is 5.32 Å². The molecule has 0 aliphatic heterocycles. The van der Waals surface area contributed by atoms with Crippen LogP contribution in [0.1, 0.15) is 23.8 Å². The first-order chi connectivity index (χ1) is 14.7. The molecule has 0 radical (unpaired) electrons. The number of nitrogens with one attached hydrogen (secondary N) is 1. The molecule has 4 rings (SSSR count).